The molecule has 1 aromatic heterocycles. The van der Waals surface area contributed by atoms with Crippen LogP contribution < -0.4 is 5.32 Å². The Labute approximate surface area is 215 Å². The van der Waals surface area contributed by atoms with Crippen LogP contribution in [0.15, 0.2) is 67.1 Å². The largest absolute Gasteiger partial charge is 0.392 e. The van der Waals surface area contributed by atoms with Gasteiger partial charge in [0.2, 0.25) is 5.91 Å². The maximum atomic E-state index is 13.3. The van der Waals surface area contributed by atoms with Crippen molar-refractivity contribution < 1.29 is 9.90 Å². The maximum absolute atomic E-state index is 13.3. The lowest BCUT2D eigenvalue weighted by molar-refractivity contribution is -0.135. The van der Waals surface area contributed by atoms with Gasteiger partial charge in [0.1, 0.15) is 0 Å². The number of aromatic nitrogens is 2. The van der Waals surface area contributed by atoms with Crippen LogP contribution in [-0.2, 0) is 11.3 Å². The van der Waals surface area contributed by atoms with Crippen molar-refractivity contribution in [2.24, 2.45) is 10.8 Å². The van der Waals surface area contributed by atoms with E-state index in [0.29, 0.717) is 13.0 Å². The number of nitrogens with zero attached hydrogens (tertiary/aromatic N) is 2. The average molecular weight is 486 g/mol. The molecule has 5 nitrogen and oxygen atoms in total. The molecule has 4 aliphatic rings. The monoisotopic (exact) mass is 485 g/mol. The number of aliphatic hydroxyl groups excluding tert-OH is 1. The second-order valence-electron chi connectivity index (χ2n) is 10.7. The zero-order valence-corrected chi connectivity index (χ0v) is 21.6. The van der Waals surface area contributed by atoms with Crippen molar-refractivity contribution >= 4 is 5.91 Å². The molecule has 2 bridgehead atoms. The number of carbonyl (C=O) groups is 1. The zero-order valence-electron chi connectivity index (χ0n) is 21.6. The molecule has 2 N–H and O–H groups in total. The van der Waals surface area contributed by atoms with E-state index in [1.807, 2.05) is 44.6 Å². The van der Waals surface area contributed by atoms with Gasteiger partial charge in [-0.05, 0) is 61.5 Å². The lowest BCUT2D eigenvalue weighted by Crippen LogP contribution is -2.46. The SMILES string of the molecule is CC.O=C(NCc1ccccc1)C12CCCC(C(O)CC3c4ccccc4-c4cncn43)(CC1)CC2. The first kappa shape index (κ1) is 24.8. The van der Waals surface area contributed by atoms with Crippen LogP contribution in [0.4, 0.5) is 0 Å². The van der Waals surface area contributed by atoms with Crippen LogP contribution in [0, 0.1) is 10.8 Å². The maximum Gasteiger partial charge on any atom is 0.226 e. The van der Waals surface area contributed by atoms with E-state index in [4.69, 9.17) is 0 Å². The summed E-state index contributed by atoms with van der Waals surface area (Å²) in [4.78, 5) is 17.7. The standard InChI is InChI=1S/C29H33N3O2.C2H6/c33-26(17-24-22-9-4-5-10-23(22)25-19-30-20-32(24)25)28-11-6-12-29(15-13-28,16-14-28)27(34)31-18-21-7-2-1-3-8-21;1-2/h1-5,7-10,19-20,24,26,33H,6,11-18H2,(H,31,34);1-2H3. The van der Waals surface area contributed by atoms with Crippen LogP contribution >= 0.6 is 0 Å². The minimum Gasteiger partial charge on any atom is -0.392 e. The van der Waals surface area contributed by atoms with E-state index in [1.165, 1.54) is 11.1 Å². The van der Waals surface area contributed by atoms with E-state index in [-0.39, 0.29) is 28.9 Å². The second-order valence-corrected chi connectivity index (χ2v) is 10.7. The van der Waals surface area contributed by atoms with Gasteiger partial charge in [-0.2, -0.15) is 0 Å². The molecular weight excluding hydrogens is 446 g/mol. The van der Waals surface area contributed by atoms with E-state index in [0.717, 1.165) is 56.2 Å². The summed E-state index contributed by atoms with van der Waals surface area (Å²) < 4.78 is 2.23. The van der Waals surface area contributed by atoms with Crippen LogP contribution in [0.1, 0.15) is 82.4 Å². The summed E-state index contributed by atoms with van der Waals surface area (Å²) in [7, 11) is 0. The highest BCUT2D eigenvalue weighted by Crippen LogP contribution is 2.57. The molecule has 3 aliphatic carbocycles. The van der Waals surface area contributed by atoms with Gasteiger partial charge in [-0.3, -0.25) is 4.79 Å². The Hall–Kier alpha value is -2.92. The predicted octanol–water partition coefficient (Wildman–Crippen LogP) is 6.28. The van der Waals surface area contributed by atoms with E-state index in [9.17, 15) is 9.90 Å². The lowest BCUT2D eigenvalue weighted by atomic mass is 9.62. The van der Waals surface area contributed by atoms with Crippen LogP contribution in [0.5, 0.6) is 0 Å². The first-order chi connectivity index (χ1) is 17.6. The highest BCUT2D eigenvalue weighted by Gasteiger charge is 2.52. The first-order valence-electron chi connectivity index (χ1n) is 13.7. The van der Waals surface area contributed by atoms with Gasteiger partial charge in [0.25, 0.3) is 0 Å². The van der Waals surface area contributed by atoms with Crippen LogP contribution in [0.2, 0.25) is 0 Å². The van der Waals surface area contributed by atoms with Gasteiger partial charge in [0, 0.05) is 17.5 Å². The Morgan fingerprint density at radius 2 is 1.75 bits per heavy atom. The van der Waals surface area contributed by atoms with E-state index in [2.05, 4.69) is 51.3 Å². The van der Waals surface area contributed by atoms with Crippen molar-refractivity contribution in [3.8, 4) is 11.3 Å². The zero-order chi connectivity index (χ0) is 25.2. The molecule has 190 valence electrons. The Bertz CT molecular complexity index is 1180. The van der Waals surface area contributed by atoms with Crippen molar-refractivity contribution in [3.05, 3.63) is 78.2 Å². The Morgan fingerprint density at radius 1 is 1.03 bits per heavy atom. The topological polar surface area (TPSA) is 67.2 Å². The van der Waals surface area contributed by atoms with Gasteiger partial charge in [0.15, 0.2) is 0 Å². The number of fused-ring (bicyclic) bond motifs is 7. The Balaban J connectivity index is 0.00000130. The number of nitrogens with one attached hydrogen (secondary N) is 1. The van der Waals surface area contributed by atoms with E-state index < -0.39 is 0 Å². The third kappa shape index (κ3) is 4.28. The second kappa shape index (κ2) is 10.2. The normalized spacial score (nSPS) is 26.7. The number of rotatable bonds is 6. The summed E-state index contributed by atoms with van der Waals surface area (Å²) >= 11 is 0. The average Bonchev–Trinajstić information content (AvgIpc) is 3.39. The number of amides is 1. The van der Waals surface area contributed by atoms with Gasteiger partial charge in [-0.1, -0.05) is 74.9 Å². The molecule has 0 saturated heterocycles. The van der Waals surface area contributed by atoms with Gasteiger partial charge in [-0.15, -0.1) is 0 Å². The predicted molar refractivity (Wildman–Crippen MR) is 143 cm³/mol. The van der Waals surface area contributed by atoms with Crippen LogP contribution in [0.25, 0.3) is 11.3 Å². The molecule has 3 aromatic rings. The fourth-order valence-electron chi connectivity index (χ4n) is 6.95. The molecule has 3 saturated carbocycles. The molecular formula is C31H39N3O2. The van der Waals surface area contributed by atoms with Gasteiger partial charge in [-0.25, -0.2) is 4.98 Å². The third-order valence-corrected chi connectivity index (χ3v) is 9.06. The Morgan fingerprint density at radius 3 is 2.53 bits per heavy atom. The van der Waals surface area contributed by atoms with E-state index >= 15 is 0 Å². The van der Waals surface area contributed by atoms with Crippen molar-refractivity contribution in [1.29, 1.82) is 0 Å². The summed E-state index contributed by atoms with van der Waals surface area (Å²) in [6.07, 6.45) is 10.7. The first-order valence-corrected chi connectivity index (χ1v) is 13.7. The molecule has 3 fully saturated rings. The molecule has 1 aliphatic heterocycles. The van der Waals surface area contributed by atoms with E-state index in [1.54, 1.807) is 0 Å². The number of benzene rings is 2. The lowest BCUT2D eigenvalue weighted by Gasteiger charge is -2.45. The minimum atomic E-state index is -0.387. The van der Waals surface area contributed by atoms with Crippen molar-refractivity contribution in [1.82, 2.24) is 14.9 Å². The molecule has 36 heavy (non-hydrogen) atoms. The minimum absolute atomic E-state index is 0.0853. The molecule has 2 heterocycles. The summed E-state index contributed by atoms with van der Waals surface area (Å²) in [5.74, 6) is 0.203. The molecule has 2 unspecified atom stereocenters. The number of hydrogen-bond acceptors (Lipinski definition) is 3. The molecule has 0 spiro atoms. The molecule has 0 radical (unpaired) electrons. The summed E-state index contributed by atoms with van der Waals surface area (Å²) in [6.45, 7) is 4.59. The smallest absolute Gasteiger partial charge is 0.226 e. The van der Waals surface area contributed by atoms with Gasteiger partial charge >= 0.3 is 0 Å². The third-order valence-electron chi connectivity index (χ3n) is 9.06. The highest BCUT2D eigenvalue weighted by molar-refractivity contribution is 5.82. The summed E-state index contributed by atoms with van der Waals surface area (Å²) in [5.41, 5.74) is 4.44. The van der Waals surface area contributed by atoms with Crippen LogP contribution in [-0.4, -0.2) is 26.7 Å². The van der Waals surface area contributed by atoms with Crippen LogP contribution in [0.3, 0.4) is 0 Å². The van der Waals surface area contributed by atoms with Crippen molar-refractivity contribution in [2.45, 2.75) is 83.9 Å². The molecule has 7 rings (SSSR count). The van der Waals surface area contributed by atoms with Crippen molar-refractivity contribution in [3.63, 3.8) is 0 Å². The number of hydrogen-bond donors (Lipinski definition) is 2. The molecule has 2 aromatic carbocycles. The van der Waals surface area contributed by atoms with Gasteiger partial charge < -0.3 is 15.0 Å². The Kier molecular flexibility index (Phi) is 7.03. The molecule has 5 heteroatoms. The summed E-state index contributed by atoms with van der Waals surface area (Å²) in [6, 6.07) is 18.8. The summed E-state index contributed by atoms with van der Waals surface area (Å²) in [5, 5.41) is 14.9. The number of aliphatic hydroxyl groups is 1. The fraction of sp³-hybridized carbons (Fsp3) is 0.484. The molecule has 2 atom stereocenters. The molecule has 1 amide bonds. The number of carbonyl (C=O) groups excluding carboxylic acids is 1. The highest BCUT2D eigenvalue weighted by atomic mass is 16.3. The quantitative estimate of drug-likeness (QED) is 0.432. The fourth-order valence-corrected chi connectivity index (χ4v) is 6.95. The number of imidazole rings is 1. The van der Waals surface area contributed by atoms with Gasteiger partial charge in [0.05, 0.1) is 30.4 Å². The van der Waals surface area contributed by atoms with Crippen molar-refractivity contribution in [2.75, 3.05) is 0 Å².